The lowest BCUT2D eigenvalue weighted by molar-refractivity contribution is -0.129. The maximum absolute atomic E-state index is 12.2. The topological polar surface area (TPSA) is 46.2 Å². The summed E-state index contributed by atoms with van der Waals surface area (Å²) in [7, 11) is 0. The van der Waals surface area contributed by atoms with Gasteiger partial charge in [0.05, 0.1) is 6.04 Å². The molecule has 21 heavy (non-hydrogen) atoms. The molecule has 0 rings (SSSR count). The zero-order valence-corrected chi connectivity index (χ0v) is 14.9. The molecule has 0 unspecified atom stereocenters. The van der Waals surface area contributed by atoms with E-state index in [1.807, 2.05) is 13.8 Å². The number of carbonyl (C=O) groups excluding carboxylic acids is 2. The van der Waals surface area contributed by atoms with E-state index in [2.05, 4.69) is 33.0 Å². The Morgan fingerprint density at radius 1 is 0.857 bits per heavy atom. The molecule has 0 heterocycles. The lowest BCUT2D eigenvalue weighted by Crippen LogP contribution is -2.43. The van der Waals surface area contributed by atoms with Crippen molar-refractivity contribution >= 4 is 11.7 Å². The Morgan fingerprint density at radius 2 is 1.48 bits per heavy atom. The molecule has 0 saturated heterocycles. The average molecular weight is 297 g/mol. The van der Waals surface area contributed by atoms with Gasteiger partial charge in [-0.3, -0.25) is 9.59 Å². The molecule has 1 atom stereocenters. The summed E-state index contributed by atoms with van der Waals surface area (Å²) in [5, 5.41) is 2.94. The minimum atomic E-state index is -0.312. The van der Waals surface area contributed by atoms with Crippen LogP contribution >= 0.6 is 0 Å². The van der Waals surface area contributed by atoms with Crippen LogP contribution in [0.1, 0.15) is 80.1 Å². The molecule has 3 heteroatoms. The van der Waals surface area contributed by atoms with Crippen molar-refractivity contribution in [3.63, 3.8) is 0 Å². The molecule has 124 valence electrons. The zero-order valence-electron chi connectivity index (χ0n) is 14.9. The summed E-state index contributed by atoms with van der Waals surface area (Å²) in [5.74, 6) is 1.29. The number of nitrogens with one attached hydrogen (secondary N) is 1. The number of hydrogen-bond donors (Lipinski definition) is 1. The molecule has 0 aliphatic carbocycles. The predicted octanol–water partition coefficient (Wildman–Crippen LogP) is 4.35. The van der Waals surface area contributed by atoms with Gasteiger partial charge in [-0.05, 0) is 24.7 Å². The van der Waals surface area contributed by atoms with Crippen molar-refractivity contribution in [2.24, 2.45) is 17.8 Å². The second-order valence-electron chi connectivity index (χ2n) is 7.30. The molecule has 0 radical (unpaired) electrons. The lowest BCUT2D eigenvalue weighted by atomic mass is 9.94. The molecular weight excluding hydrogens is 262 g/mol. The monoisotopic (exact) mass is 297 g/mol. The molecule has 0 saturated carbocycles. The highest BCUT2D eigenvalue weighted by molar-refractivity contribution is 5.90. The molecule has 0 aromatic rings. The Balaban J connectivity index is 4.13. The van der Waals surface area contributed by atoms with Gasteiger partial charge in [-0.25, -0.2) is 0 Å². The smallest absolute Gasteiger partial charge is 0.220 e. The van der Waals surface area contributed by atoms with Gasteiger partial charge in [0.2, 0.25) is 5.91 Å². The summed E-state index contributed by atoms with van der Waals surface area (Å²) < 4.78 is 0. The Hall–Kier alpha value is -0.860. The number of amides is 1. The van der Waals surface area contributed by atoms with Gasteiger partial charge in [0.1, 0.15) is 0 Å². The van der Waals surface area contributed by atoms with E-state index in [0.717, 1.165) is 25.2 Å². The van der Waals surface area contributed by atoms with Gasteiger partial charge in [0.25, 0.3) is 0 Å². The Labute approximate surface area is 131 Å². The second-order valence-corrected chi connectivity index (χ2v) is 7.30. The molecule has 0 fully saturated rings. The van der Waals surface area contributed by atoms with E-state index in [4.69, 9.17) is 0 Å². The van der Waals surface area contributed by atoms with Gasteiger partial charge in [0, 0.05) is 12.3 Å². The molecule has 0 aliphatic heterocycles. The number of ketones is 1. The van der Waals surface area contributed by atoms with Crippen molar-refractivity contribution in [1.82, 2.24) is 5.32 Å². The van der Waals surface area contributed by atoms with E-state index >= 15 is 0 Å². The first kappa shape index (κ1) is 20.1. The van der Waals surface area contributed by atoms with Crippen LogP contribution in [0.25, 0.3) is 0 Å². The lowest BCUT2D eigenvalue weighted by Gasteiger charge is -2.21. The number of rotatable bonds is 11. The second kappa shape index (κ2) is 10.8. The van der Waals surface area contributed by atoms with Gasteiger partial charge in [-0.2, -0.15) is 0 Å². The Bertz CT molecular complexity index is 308. The van der Waals surface area contributed by atoms with Crippen molar-refractivity contribution < 1.29 is 9.59 Å². The van der Waals surface area contributed by atoms with E-state index in [9.17, 15) is 9.59 Å². The van der Waals surface area contributed by atoms with E-state index < -0.39 is 0 Å². The van der Waals surface area contributed by atoms with Crippen LogP contribution in [-0.2, 0) is 9.59 Å². The molecule has 1 amide bonds. The van der Waals surface area contributed by atoms with Crippen LogP contribution in [0.15, 0.2) is 0 Å². The van der Waals surface area contributed by atoms with E-state index in [0.29, 0.717) is 12.3 Å². The van der Waals surface area contributed by atoms with Crippen LogP contribution in [0.2, 0.25) is 0 Å². The Morgan fingerprint density at radius 3 is 1.95 bits per heavy atom. The van der Waals surface area contributed by atoms with Gasteiger partial charge in [-0.1, -0.05) is 60.8 Å². The molecule has 0 aromatic heterocycles. The highest BCUT2D eigenvalue weighted by Crippen LogP contribution is 2.12. The zero-order chi connectivity index (χ0) is 16.4. The first-order valence-corrected chi connectivity index (χ1v) is 8.57. The maximum atomic E-state index is 12.2. The molecular formula is C18H35NO2. The molecule has 0 aliphatic rings. The van der Waals surface area contributed by atoms with Crippen molar-refractivity contribution in [2.45, 2.75) is 86.1 Å². The number of unbranched alkanes of at least 4 members (excludes halogenated alkanes) is 2. The number of carbonyl (C=O) groups is 2. The summed E-state index contributed by atoms with van der Waals surface area (Å²) in [5.41, 5.74) is 0. The van der Waals surface area contributed by atoms with Crippen LogP contribution in [-0.4, -0.2) is 17.7 Å². The summed E-state index contributed by atoms with van der Waals surface area (Å²) >= 11 is 0. The van der Waals surface area contributed by atoms with Crippen LogP contribution in [0, 0.1) is 17.8 Å². The van der Waals surface area contributed by atoms with Crippen LogP contribution in [0.4, 0.5) is 0 Å². The first-order chi connectivity index (χ1) is 9.73. The van der Waals surface area contributed by atoms with Crippen molar-refractivity contribution in [2.75, 3.05) is 0 Å². The third-order valence-corrected chi connectivity index (χ3v) is 3.64. The van der Waals surface area contributed by atoms with Crippen LogP contribution < -0.4 is 5.32 Å². The maximum Gasteiger partial charge on any atom is 0.220 e. The number of Topliss-reactive ketones (excluding diaryl/α,β-unsaturated/α-hetero) is 1. The summed E-state index contributed by atoms with van der Waals surface area (Å²) in [4.78, 5) is 24.1. The van der Waals surface area contributed by atoms with E-state index in [1.165, 1.54) is 12.8 Å². The fraction of sp³-hybridized carbons (Fsp3) is 0.889. The number of hydrogen-bond acceptors (Lipinski definition) is 2. The van der Waals surface area contributed by atoms with E-state index in [-0.39, 0.29) is 23.7 Å². The minimum absolute atomic E-state index is 0.0270. The predicted molar refractivity (Wildman–Crippen MR) is 89.2 cm³/mol. The normalized spacial score (nSPS) is 13.0. The SMILES string of the molecule is CC(C)CCCCCC(=O)N[C@@H](CC(C)C)C(=O)C(C)C. The van der Waals surface area contributed by atoms with Gasteiger partial charge in [0.15, 0.2) is 5.78 Å². The van der Waals surface area contributed by atoms with Crippen LogP contribution in [0.5, 0.6) is 0 Å². The molecule has 0 bridgehead atoms. The summed E-state index contributed by atoms with van der Waals surface area (Å²) in [6.45, 7) is 12.4. The quantitative estimate of drug-likeness (QED) is 0.576. The molecule has 3 nitrogen and oxygen atoms in total. The molecule has 1 N–H and O–H groups in total. The largest absolute Gasteiger partial charge is 0.346 e. The van der Waals surface area contributed by atoms with Gasteiger partial charge in [-0.15, -0.1) is 0 Å². The van der Waals surface area contributed by atoms with Crippen molar-refractivity contribution in [1.29, 1.82) is 0 Å². The van der Waals surface area contributed by atoms with Crippen LogP contribution in [0.3, 0.4) is 0 Å². The highest BCUT2D eigenvalue weighted by atomic mass is 16.2. The highest BCUT2D eigenvalue weighted by Gasteiger charge is 2.23. The third-order valence-electron chi connectivity index (χ3n) is 3.64. The Kier molecular flexibility index (Phi) is 10.4. The third kappa shape index (κ3) is 10.5. The average Bonchev–Trinajstić information content (AvgIpc) is 2.35. The standard InChI is InChI=1S/C18H35NO2/c1-13(2)10-8-7-9-11-17(20)19-16(12-14(3)4)18(21)15(5)6/h13-16H,7-12H2,1-6H3,(H,19,20)/t16-/m0/s1. The summed E-state index contributed by atoms with van der Waals surface area (Å²) in [6, 6.07) is -0.312. The fourth-order valence-corrected chi connectivity index (χ4v) is 2.40. The van der Waals surface area contributed by atoms with Gasteiger partial charge >= 0.3 is 0 Å². The van der Waals surface area contributed by atoms with Crippen molar-refractivity contribution in [3.05, 3.63) is 0 Å². The minimum Gasteiger partial charge on any atom is -0.346 e. The first-order valence-electron chi connectivity index (χ1n) is 8.57. The van der Waals surface area contributed by atoms with E-state index in [1.54, 1.807) is 0 Å². The summed E-state index contributed by atoms with van der Waals surface area (Å²) in [6.07, 6.45) is 5.70. The molecule has 0 spiro atoms. The van der Waals surface area contributed by atoms with Gasteiger partial charge < -0.3 is 5.32 Å². The van der Waals surface area contributed by atoms with Crippen molar-refractivity contribution in [3.8, 4) is 0 Å². The fourth-order valence-electron chi connectivity index (χ4n) is 2.40. The molecule has 0 aromatic carbocycles.